The van der Waals surface area contributed by atoms with E-state index in [1.165, 1.54) is 0 Å². The van der Waals surface area contributed by atoms with Crippen LogP contribution in [0.5, 0.6) is 0 Å². The number of guanidine groups is 1. The van der Waals surface area contributed by atoms with Crippen molar-refractivity contribution in [3.8, 4) is 0 Å². The molecule has 0 radical (unpaired) electrons. The van der Waals surface area contributed by atoms with Crippen LogP contribution in [0, 0.1) is 23.7 Å². The molecule has 0 aromatic carbocycles. The topological polar surface area (TPSA) is 241 Å². The number of rotatable bonds is 12. The number of Topliss-reactive ketones (excluding diaryl/α,β-unsaturated/α-hetero) is 2. The van der Waals surface area contributed by atoms with E-state index in [2.05, 4.69) is 26.3 Å². The standard InChI is InChI=1S/C26H42N8O6/c1-3-4-7-16-25(40)34-19(11-31-16)20(35)14-9-17(32-23(38)12(14)2)21(36)15-10-18(22(27)37)33-24(39)13(15)6-5-8-30-26(28)29/h12-19,31H,3-11H2,1-2H3,(H2,27,37)(H,32,38)(H,33,39)(H,34,40)(H4,28,29,30)/t12-,13-,14?,15?,16+,17-,18-,19-/m1/s1. The third kappa shape index (κ3) is 7.34. The Kier molecular flexibility index (Phi) is 10.6. The first-order chi connectivity index (χ1) is 18.9. The van der Waals surface area contributed by atoms with E-state index in [4.69, 9.17) is 17.2 Å². The van der Waals surface area contributed by atoms with Gasteiger partial charge in [-0.25, -0.2) is 0 Å². The second-order valence-corrected chi connectivity index (χ2v) is 11.0. The van der Waals surface area contributed by atoms with Crippen LogP contribution in [0.2, 0.25) is 0 Å². The molecule has 14 nitrogen and oxygen atoms in total. The van der Waals surface area contributed by atoms with Crippen LogP contribution in [0.15, 0.2) is 4.99 Å². The zero-order chi connectivity index (χ0) is 29.6. The molecular formula is C26H42N8O6. The number of unbranched alkanes of at least 4 members (excludes halogenated alkanes) is 1. The van der Waals surface area contributed by atoms with Crippen molar-refractivity contribution in [2.45, 2.75) is 83.0 Å². The maximum Gasteiger partial charge on any atom is 0.240 e. The van der Waals surface area contributed by atoms with Gasteiger partial charge in [0.05, 0.1) is 12.1 Å². The minimum absolute atomic E-state index is 0.0187. The maximum atomic E-state index is 13.8. The van der Waals surface area contributed by atoms with Gasteiger partial charge >= 0.3 is 0 Å². The molecule has 0 bridgehead atoms. The SMILES string of the molecule is CCCC[C@@H]1NC[C@H](C(=O)C2C[C@H](C(=O)C3C[C@H](C(N)=O)NC(=O)[C@@H]3CCCN=C(N)N)NC(=O)[C@@H]2C)NC1=O. The number of carbonyl (C=O) groups is 6. The molecular weight excluding hydrogens is 520 g/mol. The molecule has 3 fully saturated rings. The van der Waals surface area contributed by atoms with Gasteiger partial charge in [-0.2, -0.15) is 0 Å². The highest BCUT2D eigenvalue weighted by Gasteiger charge is 2.48. The summed E-state index contributed by atoms with van der Waals surface area (Å²) in [7, 11) is 0. The number of nitrogens with one attached hydrogen (secondary N) is 4. The molecule has 8 atom stereocenters. The Morgan fingerprint density at radius 1 is 0.825 bits per heavy atom. The van der Waals surface area contributed by atoms with Crippen LogP contribution >= 0.6 is 0 Å². The average molecular weight is 563 g/mol. The van der Waals surface area contributed by atoms with Gasteiger partial charge in [0.15, 0.2) is 17.5 Å². The zero-order valence-electron chi connectivity index (χ0n) is 23.1. The van der Waals surface area contributed by atoms with Crippen LogP contribution in [0.1, 0.15) is 58.8 Å². The molecule has 0 aromatic heterocycles. The summed E-state index contributed by atoms with van der Waals surface area (Å²) in [6.07, 6.45) is 3.16. The molecule has 0 aliphatic carbocycles. The molecule has 3 aliphatic heterocycles. The van der Waals surface area contributed by atoms with E-state index in [0.717, 1.165) is 12.8 Å². The smallest absolute Gasteiger partial charge is 0.240 e. The van der Waals surface area contributed by atoms with Crippen molar-refractivity contribution in [2.75, 3.05) is 13.1 Å². The fraction of sp³-hybridized carbons (Fsp3) is 0.731. The van der Waals surface area contributed by atoms with E-state index in [9.17, 15) is 28.8 Å². The van der Waals surface area contributed by atoms with Crippen molar-refractivity contribution >= 4 is 41.2 Å². The van der Waals surface area contributed by atoms with Crippen LogP contribution in [0.25, 0.3) is 0 Å². The summed E-state index contributed by atoms with van der Waals surface area (Å²) in [6, 6.07) is -3.26. The highest BCUT2D eigenvalue weighted by molar-refractivity contribution is 6.01. The third-order valence-electron chi connectivity index (χ3n) is 8.23. The summed E-state index contributed by atoms with van der Waals surface area (Å²) in [6.45, 7) is 4.14. The van der Waals surface area contributed by atoms with Crippen molar-refractivity contribution in [3.63, 3.8) is 0 Å². The highest BCUT2D eigenvalue weighted by Crippen LogP contribution is 2.33. The predicted octanol–water partition coefficient (Wildman–Crippen LogP) is -2.43. The van der Waals surface area contributed by atoms with Gasteiger partial charge in [0.25, 0.3) is 0 Å². The molecule has 0 saturated carbocycles. The summed E-state index contributed by atoms with van der Waals surface area (Å²) < 4.78 is 0. The van der Waals surface area contributed by atoms with Gasteiger partial charge in [-0.05, 0) is 32.1 Å². The van der Waals surface area contributed by atoms with Crippen molar-refractivity contribution < 1.29 is 28.8 Å². The molecule has 222 valence electrons. The first-order valence-corrected chi connectivity index (χ1v) is 14.0. The molecule has 0 aromatic rings. The lowest BCUT2D eigenvalue weighted by molar-refractivity contribution is -0.146. The largest absolute Gasteiger partial charge is 0.370 e. The van der Waals surface area contributed by atoms with Crippen LogP contribution < -0.4 is 38.5 Å². The average Bonchev–Trinajstić information content (AvgIpc) is 2.91. The number of primary amides is 1. The Balaban J connectivity index is 1.74. The van der Waals surface area contributed by atoms with Gasteiger partial charge in [0.1, 0.15) is 12.1 Å². The third-order valence-corrected chi connectivity index (χ3v) is 8.23. The second-order valence-electron chi connectivity index (χ2n) is 11.0. The lowest BCUT2D eigenvalue weighted by Crippen LogP contribution is -2.64. The van der Waals surface area contributed by atoms with Crippen molar-refractivity contribution in [3.05, 3.63) is 0 Å². The Morgan fingerprint density at radius 3 is 2.08 bits per heavy atom. The molecule has 3 rings (SSSR count). The lowest BCUT2D eigenvalue weighted by atomic mass is 9.71. The number of nitrogens with two attached hydrogens (primary N) is 3. The number of piperazine rings is 1. The molecule has 3 aliphatic rings. The minimum atomic E-state index is -1.04. The number of aliphatic imine (C=N–C) groups is 1. The lowest BCUT2D eigenvalue weighted by Gasteiger charge is -2.40. The number of ketones is 2. The molecule has 10 N–H and O–H groups in total. The fourth-order valence-corrected chi connectivity index (χ4v) is 5.85. The zero-order valence-corrected chi connectivity index (χ0v) is 23.1. The van der Waals surface area contributed by atoms with E-state index < -0.39 is 65.3 Å². The van der Waals surface area contributed by atoms with Crippen molar-refractivity contribution in [1.82, 2.24) is 21.3 Å². The second kappa shape index (κ2) is 13.7. The summed E-state index contributed by atoms with van der Waals surface area (Å²) in [4.78, 5) is 81.5. The molecule has 3 saturated heterocycles. The first kappa shape index (κ1) is 31.0. The Morgan fingerprint density at radius 2 is 1.45 bits per heavy atom. The monoisotopic (exact) mass is 562 g/mol. The van der Waals surface area contributed by atoms with Gasteiger partial charge in [0.2, 0.25) is 23.6 Å². The molecule has 2 unspecified atom stereocenters. The number of amides is 4. The number of carbonyl (C=O) groups excluding carboxylic acids is 6. The van der Waals surface area contributed by atoms with E-state index >= 15 is 0 Å². The summed E-state index contributed by atoms with van der Waals surface area (Å²) in [5.41, 5.74) is 16.2. The molecule has 0 spiro atoms. The minimum Gasteiger partial charge on any atom is -0.370 e. The molecule has 3 heterocycles. The number of nitrogens with zero attached hydrogens (tertiary/aromatic N) is 1. The van der Waals surface area contributed by atoms with Crippen molar-refractivity contribution in [1.29, 1.82) is 0 Å². The van der Waals surface area contributed by atoms with E-state index in [-0.39, 0.29) is 56.0 Å². The van der Waals surface area contributed by atoms with Gasteiger partial charge < -0.3 is 38.5 Å². The van der Waals surface area contributed by atoms with Crippen molar-refractivity contribution in [2.24, 2.45) is 45.9 Å². The van der Waals surface area contributed by atoms with Crippen LogP contribution in [-0.2, 0) is 28.8 Å². The Bertz CT molecular complexity index is 1040. The Hall–Kier alpha value is -3.55. The first-order valence-electron chi connectivity index (χ1n) is 14.0. The number of piperidine rings is 2. The quantitative estimate of drug-likeness (QED) is 0.0759. The Labute approximate surface area is 233 Å². The van der Waals surface area contributed by atoms with Gasteiger partial charge in [-0.3, -0.25) is 33.8 Å². The summed E-state index contributed by atoms with van der Waals surface area (Å²) in [5, 5.41) is 11.2. The predicted molar refractivity (Wildman–Crippen MR) is 145 cm³/mol. The fourth-order valence-electron chi connectivity index (χ4n) is 5.85. The summed E-state index contributed by atoms with van der Waals surface area (Å²) >= 11 is 0. The van der Waals surface area contributed by atoms with Crippen LogP contribution in [0.4, 0.5) is 0 Å². The normalized spacial score (nSPS) is 32.3. The highest BCUT2D eigenvalue weighted by atomic mass is 16.2. The van der Waals surface area contributed by atoms with E-state index in [1.807, 2.05) is 6.92 Å². The molecule has 14 heteroatoms. The van der Waals surface area contributed by atoms with Crippen LogP contribution in [-0.4, -0.2) is 78.4 Å². The maximum absolute atomic E-state index is 13.8. The summed E-state index contributed by atoms with van der Waals surface area (Å²) in [5.74, 6) is -6.04. The van der Waals surface area contributed by atoms with Gasteiger partial charge in [-0.15, -0.1) is 0 Å². The number of hydrogen-bond donors (Lipinski definition) is 7. The van der Waals surface area contributed by atoms with E-state index in [0.29, 0.717) is 12.8 Å². The number of hydrogen-bond acceptors (Lipinski definition) is 8. The van der Waals surface area contributed by atoms with Crippen LogP contribution in [0.3, 0.4) is 0 Å². The van der Waals surface area contributed by atoms with Gasteiger partial charge in [0, 0.05) is 36.8 Å². The molecule has 40 heavy (non-hydrogen) atoms. The van der Waals surface area contributed by atoms with E-state index in [1.54, 1.807) is 6.92 Å². The van der Waals surface area contributed by atoms with Gasteiger partial charge in [-0.1, -0.05) is 26.7 Å². The molecule has 4 amide bonds.